The first-order chi connectivity index (χ1) is 12.4. The fourth-order valence-electron chi connectivity index (χ4n) is 4.95. The molecular weight excluding hydrogens is 324 g/mol. The van der Waals surface area contributed by atoms with E-state index in [1.54, 1.807) is 0 Å². The summed E-state index contributed by atoms with van der Waals surface area (Å²) >= 11 is 0. The Morgan fingerprint density at radius 3 is 2.58 bits per heavy atom. The van der Waals surface area contributed by atoms with E-state index >= 15 is 0 Å². The lowest BCUT2D eigenvalue weighted by Gasteiger charge is -2.43. The van der Waals surface area contributed by atoms with Gasteiger partial charge in [-0.2, -0.15) is 0 Å². The molecule has 1 atom stereocenters. The topological polar surface area (TPSA) is 44.3 Å². The second kappa shape index (κ2) is 6.54. The Labute approximate surface area is 156 Å². The number of hydrogen-bond acceptors (Lipinski definition) is 3. The Balaban J connectivity index is 1.49. The highest BCUT2D eigenvalue weighted by atomic mass is 16.1. The molecular formula is C21H32N4O. The second-order valence-electron chi connectivity index (χ2n) is 8.85. The summed E-state index contributed by atoms with van der Waals surface area (Å²) in [6.45, 7) is 13.6. The summed E-state index contributed by atoms with van der Waals surface area (Å²) < 4.78 is 2.00. The highest BCUT2D eigenvalue weighted by molar-refractivity contribution is 5.76. The monoisotopic (exact) mass is 356 g/mol. The highest BCUT2D eigenvalue weighted by Crippen LogP contribution is 2.34. The molecule has 2 aliphatic heterocycles. The van der Waals surface area contributed by atoms with Crippen molar-refractivity contribution in [3.63, 3.8) is 0 Å². The van der Waals surface area contributed by atoms with Gasteiger partial charge in [0, 0.05) is 43.8 Å². The van der Waals surface area contributed by atoms with Crippen LogP contribution in [0, 0.1) is 6.92 Å². The van der Waals surface area contributed by atoms with E-state index in [4.69, 9.17) is 0 Å². The molecule has 2 aromatic rings. The van der Waals surface area contributed by atoms with E-state index in [1.807, 2.05) is 4.57 Å². The first kappa shape index (κ1) is 17.8. The number of aromatic amines is 1. The highest BCUT2D eigenvalue weighted by Gasteiger charge is 2.41. The van der Waals surface area contributed by atoms with E-state index in [9.17, 15) is 4.79 Å². The van der Waals surface area contributed by atoms with Crippen molar-refractivity contribution >= 4 is 11.0 Å². The molecule has 0 aliphatic carbocycles. The normalized spacial score (nSPS) is 26.3. The van der Waals surface area contributed by atoms with Gasteiger partial charge in [0.05, 0.1) is 11.0 Å². The van der Waals surface area contributed by atoms with E-state index in [0.29, 0.717) is 12.1 Å². The zero-order valence-electron chi connectivity index (χ0n) is 16.6. The van der Waals surface area contributed by atoms with Gasteiger partial charge < -0.3 is 4.98 Å². The fourth-order valence-corrected chi connectivity index (χ4v) is 4.95. The Hall–Kier alpha value is -1.59. The van der Waals surface area contributed by atoms with Crippen molar-refractivity contribution in [2.45, 2.75) is 64.6 Å². The fraction of sp³-hybridized carbons (Fsp3) is 0.667. The summed E-state index contributed by atoms with van der Waals surface area (Å²) in [7, 11) is 0. The summed E-state index contributed by atoms with van der Waals surface area (Å²) in [6.07, 6.45) is 3.36. The maximum Gasteiger partial charge on any atom is 0.326 e. The molecule has 5 nitrogen and oxygen atoms in total. The molecule has 0 saturated carbocycles. The summed E-state index contributed by atoms with van der Waals surface area (Å²) in [5.41, 5.74) is 3.54. The van der Waals surface area contributed by atoms with Gasteiger partial charge in [-0.1, -0.05) is 6.07 Å². The molecule has 0 bridgehead atoms. The summed E-state index contributed by atoms with van der Waals surface area (Å²) in [5, 5.41) is 0. The number of aryl methyl sites for hydroxylation is 1. The minimum Gasteiger partial charge on any atom is -0.306 e. The lowest BCUT2D eigenvalue weighted by atomic mass is 9.93. The molecule has 0 radical (unpaired) electrons. The molecule has 1 unspecified atom stereocenters. The van der Waals surface area contributed by atoms with Crippen molar-refractivity contribution in [1.29, 1.82) is 0 Å². The largest absolute Gasteiger partial charge is 0.326 e. The SMILES string of the molecule is Cc1ccc2c(c1)[nH]c(=O)n2C1CCN(C2(C)CCN(C(C)C)C2)CC1. The van der Waals surface area contributed by atoms with Gasteiger partial charge in [-0.25, -0.2) is 4.79 Å². The summed E-state index contributed by atoms with van der Waals surface area (Å²) in [5.74, 6) is 0. The number of fused-ring (bicyclic) bond motifs is 1. The molecule has 142 valence electrons. The summed E-state index contributed by atoms with van der Waals surface area (Å²) in [6, 6.07) is 7.20. The minimum atomic E-state index is 0.0436. The van der Waals surface area contributed by atoms with Gasteiger partial charge in [0.25, 0.3) is 0 Å². The van der Waals surface area contributed by atoms with Crippen LogP contribution in [-0.4, -0.2) is 57.1 Å². The van der Waals surface area contributed by atoms with Crippen LogP contribution in [-0.2, 0) is 0 Å². The van der Waals surface area contributed by atoms with Gasteiger partial charge in [-0.05, 0) is 64.7 Å². The van der Waals surface area contributed by atoms with Gasteiger partial charge >= 0.3 is 5.69 Å². The van der Waals surface area contributed by atoms with Crippen molar-refractivity contribution in [3.05, 3.63) is 34.2 Å². The van der Waals surface area contributed by atoms with Crippen molar-refractivity contribution in [1.82, 2.24) is 19.4 Å². The van der Waals surface area contributed by atoms with Gasteiger partial charge in [0.2, 0.25) is 0 Å². The third-order valence-corrected chi connectivity index (χ3v) is 6.68. The average Bonchev–Trinajstić information content (AvgIpc) is 3.15. The maximum absolute atomic E-state index is 12.6. The van der Waals surface area contributed by atoms with Crippen LogP contribution in [0.4, 0.5) is 0 Å². The molecule has 4 rings (SSSR count). The van der Waals surface area contributed by atoms with Crippen LogP contribution in [0.1, 0.15) is 51.6 Å². The molecule has 0 amide bonds. The smallest absolute Gasteiger partial charge is 0.306 e. The van der Waals surface area contributed by atoms with E-state index in [2.05, 4.69) is 60.7 Å². The number of piperidine rings is 1. The number of nitrogens with one attached hydrogen (secondary N) is 1. The van der Waals surface area contributed by atoms with Crippen LogP contribution >= 0.6 is 0 Å². The number of imidazole rings is 1. The van der Waals surface area contributed by atoms with Gasteiger partial charge in [-0.3, -0.25) is 14.4 Å². The number of likely N-dealkylation sites (tertiary alicyclic amines) is 2. The molecule has 2 fully saturated rings. The first-order valence-corrected chi connectivity index (χ1v) is 10.1. The van der Waals surface area contributed by atoms with Gasteiger partial charge in [0.1, 0.15) is 0 Å². The van der Waals surface area contributed by atoms with Gasteiger partial charge in [0.15, 0.2) is 0 Å². The van der Waals surface area contributed by atoms with E-state index < -0.39 is 0 Å². The third kappa shape index (κ3) is 3.01. The van der Waals surface area contributed by atoms with E-state index in [-0.39, 0.29) is 11.2 Å². The van der Waals surface area contributed by atoms with Crippen molar-refractivity contribution in [2.24, 2.45) is 0 Å². The molecule has 1 aromatic heterocycles. The number of hydrogen-bond donors (Lipinski definition) is 1. The molecule has 2 aliphatic rings. The zero-order chi connectivity index (χ0) is 18.5. The first-order valence-electron chi connectivity index (χ1n) is 10.1. The molecule has 26 heavy (non-hydrogen) atoms. The average molecular weight is 357 g/mol. The van der Waals surface area contributed by atoms with Crippen LogP contribution < -0.4 is 5.69 Å². The quantitative estimate of drug-likeness (QED) is 0.919. The standard InChI is InChI=1S/C21H32N4O/c1-15(2)23-12-9-21(4,14-23)24-10-7-17(8-11-24)25-19-6-5-16(3)13-18(19)22-20(25)26/h5-6,13,15,17H,7-12,14H2,1-4H3,(H,22,26). The Morgan fingerprint density at radius 2 is 1.92 bits per heavy atom. The van der Waals surface area contributed by atoms with Crippen LogP contribution in [0.5, 0.6) is 0 Å². The predicted molar refractivity (Wildman–Crippen MR) is 107 cm³/mol. The number of rotatable bonds is 3. The summed E-state index contributed by atoms with van der Waals surface area (Å²) in [4.78, 5) is 20.9. The van der Waals surface area contributed by atoms with Crippen LogP contribution in [0.15, 0.2) is 23.0 Å². The minimum absolute atomic E-state index is 0.0436. The van der Waals surface area contributed by atoms with Crippen LogP contribution in [0.3, 0.4) is 0 Å². The third-order valence-electron chi connectivity index (χ3n) is 6.68. The van der Waals surface area contributed by atoms with Crippen LogP contribution in [0.2, 0.25) is 0 Å². The Bertz CT molecular complexity index is 843. The van der Waals surface area contributed by atoms with E-state index in [1.165, 1.54) is 25.1 Å². The maximum atomic E-state index is 12.6. The molecule has 1 aromatic carbocycles. The molecule has 2 saturated heterocycles. The van der Waals surface area contributed by atoms with Gasteiger partial charge in [-0.15, -0.1) is 0 Å². The Morgan fingerprint density at radius 1 is 1.19 bits per heavy atom. The Kier molecular flexibility index (Phi) is 4.48. The molecule has 3 heterocycles. The second-order valence-corrected chi connectivity index (χ2v) is 8.85. The molecule has 0 spiro atoms. The van der Waals surface area contributed by atoms with Crippen molar-refractivity contribution < 1.29 is 0 Å². The van der Waals surface area contributed by atoms with Crippen molar-refractivity contribution in [3.8, 4) is 0 Å². The predicted octanol–water partition coefficient (Wildman–Crippen LogP) is 3.15. The number of H-pyrrole nitrogens is 1. The van der Waals surface area contributed by atoms with E-state index in [0.717, 1.165) is 37.0 Å². The lowest BCUT2D eigenvalue weighted by molar-refractivity contribution is 0.0663. The molecule has 5 heteroatoms. The number of nitrogens with zero attached hydrogens (tertiary/aromatic N) is 3. The zero-order valence-corrected chi connectivity index (χ0v) is 16.6. The lowest BCUT2D eigenvalue weighted by Crippen LogP contribution is -2.52. The number of aromatic nitrogens is 2. The van der Waals surface area contributed by atoms with Crippen LogP contribution in [0.25, 0.3) is 11.0 Å². The molecule has 1 N–H and O–H groups in total. The van der Waals surface area contributed by atoms with Crippen molar-refractivity contribution in [2.75, 3.05) is 26.2 Å². The number of benzene rings is 1.